The lowest BCUT2D eigenvalue weighted by atomic mass is 10.1. The van der Waals surface area contributed by atoms with Gasteiger partial charge in [0.2, 0.25) is 5.91 Å². The van der Waals surface area contributed by atoms with Crippen molar-refractivity contribution >= 4 is 11.8 Å². The number of nitrogens with one attached hydrogen (secondary N) is 3. The zero-order chi connectivity index (χ0) is 21.6. The van der Waals surface area contributed by atoms with Crippen molar-refractivity contribution in [3.8, 4) is 28.3 Å². The van der Waals surface area contributed by atoms with E-state index in [2.05, 4.69) is 20.6 Å². The molecule has 0 radical (unpaired) electrons. The summed E-state index contributed by atoms with van der Waals surface area (Å²) in [6.07, 6.45) is 3.72. The Kier molecular flexibility index (Phi) is 6.31. The molecule has 2 aromatic heterocycles. The van der Waals surface area contributed by atoms with Gasteiger partial charge < -0.3 is 20.4 Å². The van der Waals surface area contributed by atoms with Crippen LogP contribution in [0.15, 0.2) is 48.7 Å². The van der Waals surface area contributed by atoms with Crippen LogP contribution in [0.25, 0.3) is 22.5 Å². The summed E-state index contributed by atoms with van der Waals surface area (Å²) in [6.45, 7) is 3.71. The number of carbonyl (C=O) groups excluding carboxylic acids is 2. The highest BCUT2D eigenvalue weighted by Gasteiger charge is 2.20. The lowest BCUT2D eigenvalue weighted by Gasteiger charge is -2.11. The van der Waals surface area contributed by atoms with Crippen molar-refractivity contribution in [2.45, 2.75) is 26.2 Å². The molecule has 3 aromatic rings. The van der Waals surface area contributed by atoms with Crippen molar-refractivity contribution in [3.05, 3.63) is 59.9 Å². The van der Waals surface area contributed by atoms with Gasteiger partial charge >= 0.3 is 0 Å². The van der Waals surface area contributed by atoms with Crippen molar-refractivity contribution in [1.82, 2.24) is 20.6 Å². The van der Waals surface area contributed by atoms with Gasteiger partial charge in [-0.15, -0.1) is 0 Å². The van der Waals surface area contributed by atoms with Crippen LogP contribution < -0.4 is 15.4 Å². The molecule has 0 atom stereocenters. The molecule has 0 unspecified atom stereocenters. The molecule has 1 aromatic carbocycles. The van der Waals surface area contributed by atoms with Crippen LogP contribution in [-0.4, -0.2) is 41.5 Å². The maximum Gasteiger partial charge on any atom is 0.253 e. The van der Waals surface area contributed by atoms with Crippen LogP contribution in [0.5, 0.6) is 5.75 Å². The number of amides is 2. The summed E-state index contributed by atoms with van der Waals surface area (Å²) in [5, 5.41) is 5.65. The van der Waals surface area contributed by atoms with Crippen LogP contribution in [0.2, 0.25) is 0 Å². The molecule has 7 nitrogen and oxygen atoms in total. The van der Waals surface area contributed by atoms with Crippen LogP contribution in [0.1, 0.15) is 35.8 Å². The number of aromatic nitrogens is 2. The molecule has 0 spiro atoms. The fourth-order valence-corrected chi connectivity index (χ4v) is 3.64. The van der Waals surface area contributed by atoms with Gasteiger partial charge in [0, 0.05) is 54.6 Å². The maximum atomic E-state index is 12.0. The molecule has 0 fully saturated rings. The predicted molar refractivity (Wildman–Crippen MR) is 119 cm³/mol. The molecule has 160 valence electrons. The van der Waals surface area contributed by atoms with Gasteiger partial charge in [0.25, 0.3) is 5.91 Å². The summed E-state index contributed by atoms with van der Waals surface area (Å²) in [6, 6.07) is 13.6. The molecule has 0 saturated heterocycles. The molecule has 0 bridgehead atoms. The molecule has 3 N–H and O–H groups in total. The Morgan fingerprint density at radius 1 is 1.16 bits per heavy atom. The van der Waals surface area contributed by atoms with E-state index < -0.39 is 0 Å². The first-order chi connectivity index (χ1) is 15.1. The smallest absolute Gasteiger partial charge is 0.253 e. The Bertz CT molecular complexity index is 1070. The van der Waals surface area contributed by atoms with E-state index in [1.54, 1.807) is 6.20 Å². The minimum Gasteiger partial charge on any atom is -0.494 e. The predicted octanol–water partition coefficient (Wildman–Crippen LogP) is 3.32. The average molecular weight is 418 g/mol. The van der Waals surface area contributed by atoms with Gasteiger partial charge in [-0.25, -0.2) is 0 Å². The SMILES string of the molecule is CCNC(=O)CCCOc1ccc(-c2cc(-c3cc4c([nH]3)CCNC4=O)ccn2)cc1. The number of benzene rings is 1. The van der Waals surface area contributed by atoms with Crippen LogP contribution in [0.4, 0.5) is 0 Å². The zero-order valence-electron chi connectivity index (χ0n) is 17.5. The van der Waals surface area contributed by atoms with Crippen molar-refractivity contribution in [2.75, 3.05) is 19.7 Å². The van der Waals surface area contributed by atoms with E-state index in [1.165, 1.54) is 0 Å². The highest BCUT2D eigenvalue weighted by atomic mass is 16.5. The van der Waals surface area contributed by atoms with E-state index in [0.29, 0.717) is 38.1 Å². The molecule has 1 aliphatic heterocycles. The fraction of sp³-hybridized carbons (Fsp3) is 0.292. The van der Waals surface area contributed by atoms with Gasteiger partial charge in [0.1, 0.15) is 5.75 Å². The average Bonchev–Trinajstić information content (AvgIpc) is 3.23. The number of aromatic amines is 1. The van der Waals surface area contributed by atoms with Gasteiger partial charge in [0.05, 0.1) is 17.9 Å². The number of ether oxygens (including phenoxy) is 1. The maximum absolute atomic E-state index is 12.0. The molecule has 31 heavy (non-hydrogen) atoms. The fourth-order valence-electron chi connectivity index (χ4n) is 3.64. The second-order valence-corrected chi connectivity index (χ2v) is 7.44. The molecule has 1 aliphatic rings. The number of fused-ring (bicyclic) bond motifs is 1. The largest absolute Gasteiger partial charge is 0.494 e. The summed E-state index contributed by atoms with van der Waals surface area (Å²) < 4.78 is 5.73. The lowest BCUT2D eigenvalue weighted by Crippen LogP contribution is -2.31. The number of carbonyl (C=O) groups is 2. The van der Waals surface area contributed by atoms with Gasteiger partial charge in [-0.05, 0) is 55.8 Å². The summed E-state index contributed by atoms with van der Waals surface area (Å²) in [5.74, 6) is 0.787. The van der Waals surface area contributed by atoms with Crippen molar-refractivity contribution in [1.29, 1.82) is 0 Å². The van der Waals surface area contributed by atoms with E-state index in [9.17, 15) is 9.59 Å². The Balaban J connectivity index is 1.41. The number of nitrogens with zero attached hydrogens (tertiary/aromatic N) is 1. The summed E-state index contributed by atoms with van der Waals surface area (Å²) >= 11 is 0. The molecule has 2 amide bonds. The topological polar surface area (TPSA) is 96.1 Å². The Morgan fingerprint density at radius 2 is 2.00 bits per heavy atom. The quantitative estimate of drug-likeness (QED) is 0.489. The third kappa shape index (κ3) is 4.94. The number of pyridine rings is 1. The molecule has 7 heteroatoms. The summed E-state index contributed by atoms with van der Waals surface area (Å²) in [5.41, 5.74) is 5.41. The molecule has 4 rings (SSSR count). The van der Waals surface area contributed by atoms with Crippen LogP contribution >= 0.6 is 0 Å². The third-order valence-electron chi connectivity index (χ3n) is 5.22. The Morgan fingerprint density at radius 3 is 2.77 bits per heavy atom. The lowest BCUT2D eigenvalue weighted by molar-refractivity contribution is -0.121. The molecule has 0 saturated carbocycles. The Labute approximate surface area is 181 Å². The van der Waals surface area contributed by atoms with Crippen LogP contribution in [0, 0.1) is 0 Å². The van der Waals surface area contributed by atoms with Crippen molar-refractivity contribution in [3.63, 3.8) is 0 Å². The van der Waals surface area contributed by atoms with E-state index in [4.69, 9.17) is 4.74 Å². The van der Waals surface area contributed by atoms with Gasteiger partial charge in [-0.1, -0.05) is 0 Å². The second kappa shape index (κ2) is 9.47. The number of hydrogen-bond acceptors (Lipinski definition) is 4. The summed E-state index contributed by atoms with van der Waals surface area (Å²) in [4.78, 5) is 31.4. The first-order valence-corrected chi connectivity index (χ1v) is 10.6. The number of rotatable bonds is 8. The highest BCUT2D eigenvalue weighted by Crippen LogP contribution is 2.28. The third-order valence-corrected chi connectivity index (χ3v) is 5.22. The van der Waals surface area contributed by atoms with E-state index in [1.807, 2.05) is 49.4 Å². The normalized spacial score (nSPS) is 12.7. The zero-order valence-corrected chi connectivity index (χ0v) is 17.5. The van der Waals surface area contributed by atoms with Gasteiger partial charge in [-0.2, -0.15) is 0 Å². The number of hydrogen-bond donors (Lipinski definition) is 3. The standard InChI is InChI=1S/C24H26N4O3/c1-2-25-23(29)4-3-13-31-18-7-5-16(6-8-18)21-14-17(9-11-26-21)22-15-19-20(28-22)10-12-27-24(19)30/h5-9,11,14-15,28H,2-4,10,12-13H2,1H3,(H,25,29)(H,27,30). The van der Waals surface area contributed by atoms with E-state index in [-0.39, 0.29) is 11.8 Å². The van der Waals surface area contributed by atoms with Gasteiger partial charge in [-0.3, -0.25) is 14.6 Å². The molecule has 3 heterocycles. The first-order valence-electron chi connectivity index (χ1n) is 10.6. The first kappa shape index (κ1) is 20.7. The summed E-state index contributed by atoms with van der Waals surface area (Å²) in [7, 11) is 0. The Hall–Kier alpha value is -3.61. The van der Waals surface area contributed by atoms with Crippen LogP contribution in [0.3, 0.4) is 0 Å². The van der Waals surface area contributed by atoms with Crippen LogP contribution in [-0.2, 0) is 11.2 Å². The van der Waals surface area contributed by atoms with Crippen molar-refractivity contribution in [2.24, 2.45) is 0 Å². The second-order valence-electron chi connectivity index (χ2n) is 7.44. The highest BCUT2D eigenvalue weighted by molar-refractivity contribution is 5.97. The monoisotopic (exact) mass is 418 g/mol. The number of H-pyrrole nitrogens is 1. The molecule has 0 aliphatic carbocycles. The minimum absolute atomic E-state index is 0.0281. The molecular weight excluding hydrogens is 392 g/mol. The van der Waals surface area contributed by atoms with E-state index >= 15 is 0 Å². The van der Waals surface area contributed by atoms with Crippen molar-refractivity contribution < 1.29 is 14.3 Å². The minimum atomic E-state index is -0.0281. The van der Waals surface area contributed by atoms with Gasteiger partial charge in [0.15, 0.2) is 0 Å². The van der Waals surface area contributed by atoms with E-state index in [0.717, 1.165) is 40.4 Å². The molecular formula is C24H26N4O3.